The van der Waals surface area contributed by atoms with Crippen molar-refractivity contribution in [1.29, 1.82) is 0 Å². The van der Waals surface area contributed by atoms with E-state index in [4.69, 9.17) is 16.3 Å². The summed E-state index contributed by atoms with van der Waals surface area (Å²) in [6, 6.07) is 9.78. The number of ether oxygens (including phenoxy) is 1. The molecule has 0 aliphatic carbocycles. The maximum Gasteiger partial charge on any atom is 0.417 e. The van der Waals surface area contributed by atoms with E-state index in [-0.39, 0.29) is 5.69 Å². The molecule has 0 fully saturated rings. The van der Waals surface area contributed by atoms with Gasteiger partial charge < -0.3 is 10.1 Å². The number of nitrogens with zero attached hydrogens (tertiary/aromatic N) is 4. The molecular weight excluding hydrogens is 399 g/mol. The van der Waals surface area contributed by atoms with Gasteiger partial charge in [-0.3, -0.25) is 4.79 Å². The zero-order valence-electron chi connectivity index (χ0n) is 14.3. The summed E-state index contributed by atoms with van der Waals surface area (Å²) in [7, 11) is 0. The number of anilines is 1. The lowest BCUT2D eigenvalue weighted by Gasteiger charge is -2.16. The first-order chi connectivity index (χ1) is 13.2. The number of aromatic nitrogens is 4. The lowest BCUT2D eigenvalue weighted by molar-refractivity contribution is -0.137. The van der Waals surface area contributed by atoms with Crippen LogP contribution in [0, 0.1) is 0 Å². The Morgan fingerprint density at radius 1 is 1.25 bits per heavy atom. The number of amides is 1. The summed E-state index contributed by atoms with van der Waals surface area (Å²) in [5.41, 5.74) is -0.461. The Morgan fingerprint density at radius 2 is 2.04 bits per heavy atom. The van der Waals surface area contributed by atoms with E-state index in [1.54, 1.807) is 24.3 Å². The lowest BCUT2D eigenvalue weighted by atomic mass is 10.2. The summed E-state index contributed by atoms with van der Waals surface area (Å²) >= 11 is 5.57. The number of carbonyl (C=O) groups is 1. The second kappa shape index (κ2) is 7.85. The van der Waals surface area contributed by atoms with Crippen LogP contribution in [0.4, 0.5) is 18.9 Å². The highest BCUT2D eigenvalue weighted by molar-refractivity contribution is 6.31. The molecule has 1 amide bonds. The van der Waals surface area contributed by atoms with Crippen LogP contribution in [0.15, 0.2) is 48.8 Å². The molecule has 1 N–H and O–H groups in total. The van der Waals surface area contributed by atoms with Crippen molar-refractivity contribution in [3.8, 4) is 11.4 Å². The summed E-state index contributed by atoms with van der Waals surface area (Å²) < 4.78 is 45.8. The molecular formula is C17H13ClF3N5O2. The molecule has 28 heavy (non-hydrogen) atoms. The number of rotatable bonds is 5. The number of carbonyl (C=O) groups excluding carboxylic acids is 1. The molecule has 0 saturated heterocycles. The molecule has 3 rings (SSSR count). The fraction of sp³-hybridized carbons (Fsp3) is 0.176. The molecule has 0 bridgehead atoms. The Labute approximate surface area is 162 Å². The van der Waals surface area contributed by atoms with Gasteiger partial charge in [-0.15, -0.1) is 5.10 Å². The molecule has 2 aromatic carbocycles. The van der Waals surface area contributed by atoms with Crippen molar-refractivity contribution in [3.63, 3.8) is 0 Å². The Kier molecular flexibility index (Phi) is 5.50. The maximum atomic E-state index is 12.9. The van der Waals surface area contributed by atoms with Crippen LogP contribution in [0.5, 0.6) is 5.75 Å². The Bertz CT molecular complexity index is 979. The van der Waals surface area contributed by atoms with Gasteiger partial charge in [0, 0.05) is 11.8 Å². The van der Waals surface area contributed by atoms with Crippen molar-refractivity contribution in [2.75, 3.05) is 5.32 Å². The van der Waals surface area contributed by atoms with Gasteiger partial charge >= 0.3 is 6.18 Å². The van der Waals surface area contributed by atoms with E-state index < -0.39 is 28.8 Å². The predicted molar refractivity (Wildman–Crippen MR) is 94.3 cm³/mol. The molecule has 0 saturated carbocycles. The first kappa shape index (κ1) is 19.6. The van der Waals surface area contributed by atoms with Crippen molar-refractivity contribution in [2.45, 2.75) is 19.2 Å². The van der Waals surface area contributed by atoms with E-state index in [0.717, 1.165) is 12.1 Å². The van der Waals surface area contributed by atoms with Crippen LogP contribution in [0.1, 0.15) is 12.5 Å². The van der Waals surface area contributed by atoms with E-state index in [1.807, 2.05) is 0 Å². The Hall–Kier alpha value is -3.14. The summed E-state index contributed by atoms with van der Waals surface area (Å²) in [5.74, 6) is -0.258. The lowest BCUT2D eigenvalue weighted by Crippen LogP contribution is -2.30. The highest BCUT2D eigenvalue weighted by atomic mass is 35.5. The van der Waals surface area contributed by atoms with Gasteiger partial charge in [-0.2, -0.15) is 13.2 Å². The fourth-order valence-electron chi connectivity index (χ4n) is 2.30. The summed E-state index contributed by atoms with van der Waals surface area (Å²) in [4.78, 5) is 12.3. The largest absolute Gasteiger partial charge is 0.481 e. The maximum absolute atomic E-state index is 12.9. The summed E-state index contributed by atoms with van der Waals surface area (Å²) in [6.45, 7) is 1.47. The Morgan fingerprint density at radius 3 is 2.71 bits per heavy atom. The van der Waals surface area contributed by atoms with E-state index in [1.165, 1.54) is 24.0 Å². The van der Waals surface area contributed by atoms with Gasteiger partial charge in [-0.1, -0.05) is 17.7 Å². The monoisotopic (exact) mass is 411 g/mol. The van der Waals surface area contributed by atoms with Crippen molar-refractivity contribution in [1.82, 2.24) is 20.2 Å². The van der Waals surface area contributed by atoms with Crippen molar-refractivity contribution < 1.29 is 22.7 Å². The van der Waals surface area contributed by atoms with Crippen LogP contribution in [-0.4, -0.2) is 32.2 Å². The number of halogens is 4. The molecule has 0 spiro atoms. The van der Waals surface area contributed by atoms with Crippen molar-refractivity contribution >= 4 is 23.2 Å². The second-order valence-corrected chi connectivity index (χ2v) is 6.10. The molecule has 7 nitrogen and oxygen atoms in total. The van der Waals surface area contributed by atoms with Gasteiger partial charge in [0.15, 0.2) is 6.10 Å². The second-order valence-electron chi connectivity index (χ2n) is 5.69. The van der Waals surface area contributed by atoms with E-state index in [9.17, 15) is 18.0 Å². The predicted octanol–water partition coefficient (Wildman–Crippen LogP) is 3.74. The molecule has 1 aromatic heterocycles. The minimum absolute atomic E-state index is 0.0420. The molecule has 0 aliphatic rings. The molecule has 1 unspecified atom stereocenters. The highest BCUT2D eigenvalue weighted by Gasteiger charge is 2.33. The third-order valence-electron chi connectivity index (χ3n) is 3.65. The smallest absolute Gasteiger partial charge is 0.417 e. The molecule has 1 atom stereocenters. The van der Waals surface area contributed by atoms with Crippen LogP contribution in [0.25, 0.3) is 5.69 Å². The number of nitrogens with one attached hydrogen (secondary N) is 1. The van der Waals surface area contributed by atoms with Gasteiger partial charge in [0.25, 0.3) is 5.91 Å². The van der Waals surface area contributed by atoms with Gasteiger partial charge in [0.05, 0.1) is 16.3 Å². The molecule has 0 radical (unpaired) electrons. The van der Waals surface area contributed by atoms with Gasteiger partial charge in [-0.25, -0.2) is 4.68 Å². The first-order valence-electron chi connectivity index (χ1n) is 7.92. The average Bonchev–Trinajstić information content (AvgIpc) is 3.17. The van der Waals surface area contributed by atoms with Crippen LogP contribution in [0.3, 0.4) is 0 Å². The topological polar surface area (TPSA) is 81.9 Å². The number of hydrogen-bond donors (Lipinski definition) is 1. The minimum Gasteiger partial charge on any atom is -0.481 e. The number of benzene rings is 2. The quantitative estimate of drug-likeness (QED) is 0.691. The number of alkyl halides is 3. The number of hydrogen-bond acceptors (Lipinski definition) is 5. The zero-order valence-corrected chi connectivity index (χ0v) is 15.1. The first-order valence-corrected chi connectivity index (χ1v) is 8.29. The normalized spacial score (nSPS) is 12.5. The van der Waals surface area contributed by atoms with Crippen LogP contribution < -0.4 is 10.1 Å². The molecule has 146 valence electrons. The highest BCUT2D eigenvalue weighted by Crippen LogP contribution is 2.36. The van der Waals surface area contributed by atoms with E-state index in [0.29, 0.717) is 11.4 Å². The number of tetrazole rings is 1. The van der Waals surface area contributed by atoms with E-state index in [2.05, 4.69) is 20.8 Å². The molecule has 11 heteroatoms. The Balaban J connectivity index is 1.70. The van der Waals surface area contributed by atoms with Gasteiger partial charge in [-0.05, 0) is 47.7 Å². The molecule has 0 aliphatic heterocycles. The minimum atomic E-state index is -4.63. The fourth-order valence-corrected chi connectivity index (χ4v) is 2.53. The third kappa shape index (κ3) is 4.58. The summed E-state index contributed by atoms with van der Waals surface area (Å²) in [5, 5.41) is 12.8. The van der Waals surface area contributed by atoms with E-state index >= 15 is 0 Å². The van der Waals surface area contributed by atoms with Gasteiger partial charge in [0.1, 0.15) is 12.1 Å². The average molecular weight is 412 g/mol. The third-order valence-corrected chi connectivity index (χ3v) is 3.98. The van der Waals surface area contributed by atoms with Crippen LogP contribution >= 0.6 is 11.6 Å². The molecule has 3 aromatic rings. The van der Waals surface area contributed by atoms with Crippen LogP contribution in [0.2, 0.25) is 5.02 Å². The summed E-state index contributed by atoms with van der Waals surface area (Å²) in [6.07, 6.45) is -4.21. The van der Waals surface area contributed by atoms with Crippen molar-refractivity contribution in [3.05, 3.63) is 59.4 Å². The standard InChI is InChI=1S/C17H13ClF3N5O2/c1-10(28-13-4-2-3-12(8-13)26-9-22-24-25-26)16(27)23-11-5-6-15(18)14(7-11)17(19,20)21/h2-10H,1H3,(H,23,27). The zero-order chi connectivity index (χ0) is 20.3. The molecule has 1 heterocycles. The SMILES string of the molecule is CC(Oc1cccc(-n2cnnn2)c1)C(=O)Nc1ccc(Cl)c(C(F)(F)F)c1. The van der Waals surface area contributed by atoms with Crippen LogP contribution in [-0.2, 0) is 11.0 Å². The van der Waals surface area contributed by atoms with Gasteiger partial charge in [0.2, 0.25) is 0 Å². The van der Waals surface area contributed by atoms with Crippen molar-refractivity contribution in [2.24, 2.45) is 0 Å².